The SMILES string of the molecule is CCN[Si][Si]. The molecule has 27 valence electrons. The summed E-state index contributed by atoms with van der Waals surface area (Å²) in [5.74, 6) is 0. The lowest BCUT2D eigenvalue weighted by molar-refractivity contribution is 1.02. The van der Waals surface area contributed by atoms with E-state index >= 15 is 0 Å². The van der Waals surface area contributed by atoms with E-state index in [2.05, 4.69) is 21.7 Å². The van der Waals surface area contributed by atoms with Crippen LogP contribution in [0.15, 0.2) is 0 Å². The molecule has 0 aliphatic carbocycles. The number of hydrogen-bond donors (Lipinski definition) is 1. The second-order valence-corrected chi connectivity index (χ2v) is 2.01. The third-order valence-electron chi connectivity index (χ3n) is 0.265. The average molecular weight is 100 g/mol. The van der Waals surface area contributed by atoms with Gasteiger partial charge in [0.25, 0.3) is 0 Å². The highest BCUT2D eigenvalue weighted by atomic mass is 29.1. The van der Waals surface area contributed by atoms with Gasteiger partial charge in [-0.25, -0.2) is 0 Å². The molecule has 0 saturated heterocycles. The number of nitrogens with one attached hydrogen (secondary N) is 1. The van der Waals surface area contributed by atoms with Gasteiger partial charge in [-0.15, -0.1) is 0 Å². The van der Waals surface area contributed by atoms with Crippen LogP contribution in [-0.4, -0.2) is 25.5 Å². The van der Waals surface area contributed by atoms with Crippen LogP contribution in [0.25, 0.3) is 0 Å². The van der Waals surface area contributed by atoms with Crippen molar-refractivity contribution < 1.29 is 0 Å². The van der Waals surface area contributed by atoms with Crippen molar-refractivity contribution in [3.05, 3.63) is 0 Å². The van der Waals surface area contributed by atoms with E-state index in [0.29, 0.717) is 9.20 Å². The van der Waals surface area contributed by atoms with E-state index in [1.165, 1.54) is 0 Å². The van der Waals surface area contributed by atoms with E-state index in [9.17, 15) is 0 Å². The molecule has 0 aromatic carbocycles. The normalized spacial score (nSPS) is 8.40. The zero-order valence-electron chi connectivity index (χ0n) is 3.21. The molecule has 0 unspecified atom stereocenters. The van der Waals surface area contributed by atoms with Gasteiger partial charge in [0, 0.05) is 9.76 Å². The minimum absolute atomic E-state index is 0.713. The Morgan fingerprint density at radius 3 is 2.60 bits per heavy atom. The molecule has 0 rings (SSSR count). The third-order valence-corrected chi connectivity index (χ3v) is 1.33. The van der Waals surface area contributed by atoms with Gasteiger partial charge in [0.2, 0.25) is 0 Å². The van der Waals surface area contributed by atoms with Crippen molar-refractivity contribution in [2.24, 2.45) is 0 Å². The molecule has 5 radical (unpaired) electrons. The fourth-order valence-electron chi connectivity index (χ4n) is 0.0884. The van der Waals surface area contributed by atoms with Crippen molar-refractivity contribution in [3.63, 3.8) is 0 Å². The maximum Gasteiger partial charge on any atom is 0.113 e. The topological polar surface area (TPSA) is 12.0 Å². The van der Waals surface area contributed by atoms with Gasteiger partial charge in [-0.3, -0.25) is 0 Å². The molecule has 0 fully saturated rings. The van der Waals surface area contributed by atoms with Crippen molar-refractivity contribution in [2.45, 2.75) is 6.92 Å². The predicted octanol–water partition coefficient (Wildman–Crippen LogP) is -0.701. The zero-order chi connectivity index (χ0) is 4.12. The molecule has 0 spiro atoms. The molecule has 0 aliphatic rings. The summed E-state index contributed by atoms with van der Waals surface area (Å²) in [5.41, 5.74) is 0. The summed E-state index contributed by atoms with van der Waals surface area (Å²) < 4.78 is 0. The van der Waals surface area contributed by atoms with Crippen LogP contribution in [0.2, 0.25) is 0 Å². The van der Waals surface area contributed by atoms with Gasteiger partial charge in [-0.1, -0.05) is 6.92 Å². The highest BCUT2D eigenvalue weighted by Crippen LogP contribution is 1.39. The summed E-state index contributed by atoms with van der Waals surface area (Å²) in [5, 5.41) is 0. The van der Waals surface area contributed by atoms with Crippen LogP contribution >= 0.6 is 0 Å². The van der Waals surface area contributed by atoms with E-state index in [0.717, 1.165) is 6.54 Å². The molecular weight excluding hydrogens is 94.2 g/mol. The first-order valence-corrected chi connectivity index (χ1v) is 4.06. The second-order valence-electron chi connectivity index (χ2n) is 0.655. The first-order chi connectivity index (χ1) is 2.41. The maximum atomic E-state index is 3.27. The van der Waals surface area contributed by atoms with Gasteiger partial charge in [-0.2, -0.15) is 0 Å². The van der Waals surface area contributed by atoms with Crippen molar-refractivity contribution in [1.82, 2.24) is 4.98 Å². The van der Waals surface area contributed by atoms with Crippen molar-refractivity contribution in [2.75, 3.05) is 6.54 Å². The van der Waals surface area contributed by atoms with E-state index in [4.69, 9.17) is 0 Å². The Labute approximate surface area is 38.3 Å². The van der Waals surface area contributed by atoms with Gasteiger partial charge < -0.3 is 4.98 Å². The van der Waals surface area contributed by atoms with E-state index in [-0.39, 0.29) is 0 Å². The van der Waals surface area contributed by atoms with Crippen LogP contribution in [0.3, 0.4) is 0 Å². The second kappa shape index (κ2) is 4.39. The third kappa shape index (κ3) is 4.39. The lowest BCUT2D eigenvalue weighted by Gasteiger charge is -1.84. The van der Waals surface area contributed by atoms with Gasteiger partial charge in [-0.05, 0) is 6.54 Å². The summed E-state index contributed by atoms with van der Waals surface area (Å²) in [4.78, 5) is 3.05. The molecule has 0 saturated carbocycles. The Morgan fingerprint density at radius 2 is 2.60 bits per heavy atom. The summed E-state index contributed by atoms with van der Waals surface area (Å²) in [6, 6.07) is 0. The van der Waals surface area contributed by atoms with Crippen LogP contribution in [0, 0.1) is 0 Å². The number of rotatable bonds is 2. The van der Waals surface area contributed by atoms with Crippen LogP contribution < -0.4 is 4.98 Å². The van der Waals surface area contributed by atoms with Crippen LogP contribution in [0.4, 0.5) is 0 Å². The average Bonchev–Trinajstić information content (AvgIpc) is 1.41. The molecule has 0 amide bonds. The first kappa shape index (κ1) is 5.39. The molecule has 0 aromatic rings. The Kier molecular flexibility index (Phi) is 4.74. The summed E-state index contributed by atoms with van der Waals surface area (Å²) in [7, 11) is 3.98. The Balaban J connectivity index is 2.19. The largest absolute Gasteiger partial charge is 0.342 e. The standard InChI is InChI=1S/C2H6NSi2/c1-2-3-5-4/h3H,2H2,1H3. The molecule has 0 aromatic heterocycles. The highest BCUT2D eigenvalue weighted by Gasteiger charge is 1.66. The van der Waals surface area contributed by atoms with Crippen LogP contribution in [-0.2, 0) is 0 Å². The Bertz CT molecular complexity index is 15.1. The molecule has 0 bridgehead atoms. The fraction of sp³-hybridized carbons (Fsp3) is 1.00. The Hall–Kier alpha value is 0.394. The van der Waals surface area contributed by atoms with Crippen LogP contribution in [0.5, 0.6) is 0 Å². The van der Waals surface area contributed by atoms with Crippen LogP contribution in [0.1, 0.15) is 6.92 Å². The minimum Gasteiger partial charge on any atom is -0.342 e. The van der Waals surface area contributed by atoms with Gasteiger partial charge >= 0.3 is 0 Å². The van der Waals surface area contributed by atoms with E-state index < -0.39 is 0 Å². The first-order valence-electron chi connectivity index (χ1n) is 1.56. The molecule has 1 N–H and O–H groups in total. The lowest BCUT2D eigenvalue weighted by Crippen LogP contribution is -2.17. The molecular formula is C2H6NSi2. The summed E-state index contributed by atoms with van der Waals surface area (Å²) in [6.07, 6.45) is 0. The molecule has 0 aliphatic heterocycles. The minimum atomic E-state index is 0.713. The number of hydrogen-bond acceptors (Lipinski definition) is 1. The van der Waals surface area contributed by atoms with Gasteiger partial charge in [0.15, 0.2) is 0 Å². The molecule has 0 atom stereocenters. The van der Waals surface area contributed by atoms with Crippen molar-refractivity contribution in [1.29, 1.82) is 0 Å². The van der Waals surface area contributed by atoms with Crippen molar-refractivity contribution in [3.8, 4) is 0 Å². The molecule has 3 heteroatoms. The molecule has 5 heavy (non-hydrogen) atoms. The zero-order valence-corrected chi connectivity index (χ0v) is 5.21. The fourth-order valence-corrected chi connectivity index (χ4v) is 0.795. The molecule has 1 nitrogen and oxygen atoms in total. The Morgan fingerprint density at radius 1 is 2.00 bits per heavy atom. The monoisotopic (exact) mass is 100 g/mol. The van der Waals surface area contributed by atoms with E-state index in [1.54, 1.807) is 0 Å². The van der Waals surface area contributed by atoms with Gasteiger partial charge in [0.1, 0.15) is 9.20 Å². The highest BCUT2D eigenvalue weighted by molar-refractivity contribution is 6.87. The predicted molar refractivity (Wildman–Crippen MR) is 25.2 cm³/mol. The van der Waals surface area contributed by atoms with E-state index in [1.807, 2.05) is 0 Å². The molecule has 0 heterocycles. The van der Waals surface area contributed by atoms with Crippen molar-refractivity contribution >= 4 is 19.0 Å². The summed E-state index contributed by atoms with van der Waals surface area (Å²) >= 11 is 0. The summed E-state index contributed by atoms with van der Waals surface area (Å²) in [6.45, 7) is 3.13. The quantitative estimate of drug-likeness (QED) is 0.452. The van der Waals surface area contributed by atoms with Gasteiger partial charge in [0.05, 0.1) is 0 Å². The smallest absolute Gasteiger partial charge is 0.113 e. The lowest BCUT2D eigenvalue weighted by atomic mass is 10.8. The maximum absolute atomic E-state index is 3.27.